The van der Waals surface area contributed by atoms with Gasteiger partial charge in [-0.3, -0.25) is 4.99 Å². The fourth-order valence-corrected chi connectivity index (χ4v) is 4.84. The summed E-state index contributed by atoms with van der Waals surface area (Å²) in [5.74, 6) is 1.67. The molecule has 1 heterocycles. The second-order valence-electron chi connectivity index (χ2n) is 7.47. The Labute approximate surface area is 160 Å². The van der Waals surface area contributed by atoms with Crippen LogP contribution >= 0.6 is 0 Å². The summed E-state index contributed by atoms with van der Waals surface area (Å²) in [6.45, 7) is 1.23. The minimum absolute atomic E-state index is 0.0956. The second kappa shape index (κ2) is 9.95. The van der Waals surface area contributed by atoms with Gasteiger partial charge in [0.05, 0.1) is 0 Å². The van der Waals surface area contributed by atoms with Crippen LogP contribution in [-0.2, 0) is 10.0 Å². The minimum Gasteiger partial charge on any atom is -0.356 e. The number of aliphatic imine (C=N–C) groups is 1. The Kier molecular flexibility index (Phi) is 8.20. The van der Waals surface area contributed by atoms with Gasteiger partial charge in [-0.2, -0.15) is 17.5 Å². The third-order valence-corrected chi connectivity index (χ3v) is 7.17. The van der Waals surface area contributed by atoms with E-state index in [0.29, 0.717) is 29.7 Å². The highest BCUT2D eigenvalue weighted by Gasteiger charge is 2.50. The molecule has 10 heteroatoms. The van der Waals surface area contributed by atoms with E-state index in [0.717, 1.165) is 18.9 Å². The minimum atomic E-state index is -5.22. The zero-order valence-corrected chi connectivity index (χ0v) is 16.7. The van der Waals surface area contributed by atoms with Gasteiger partial charge in [-0.25, -0.2) is 8.42 Å². The van der Waals surface area contributed by atoms with Gasteiger partial charge in [0, 0.05) is 33.2 Å². The molecule has 0 radical (unpaired) electrons. The summed E-state index contributed by atoms with van der Waals surface area (Å²) in [5.41, 5.74) is -5.22. The molecule has 0 spiro atoms. The van der Waals surface area contributed by atoms with Gasteiger partial charge < -0.3 is 10.6 Å². The molecule has 1 saturated carbocycles. The molecule has 1 aliphatic carbocycles. The molecule has 158 valence electrons. The van der Waals surface area contributed by atoms with Gasteiger partial charge in [0.15, 0.2) is 5.96 Å². The fourth-order valence-electron chi connectivity index (χ4n) is 3.86. The first-order chi connectivity index (χ1) is 12.7. The maximum absolute atomic E-state index is 12.6. The monoisotopic (exact) mass is 412 g/mol. The number of halogens is 3. The van der Waals surface area contributed by atoms with Crippen molar-refractivity contribution < 1.29 is 21.6 Å². The third-order valence-electron chi connectivity index (χ3n) is 5.54. The van der Waals surface area contributed by atoms with Gasteiger partial charge in [-0.1, -0.05) is 25.7 Å². The van der Waals surface area contributed by atoms with Gasteiger partial charge in [0.25, 0.3) is 0 Å². The Bertz CT molecular complexity index is 581. The summed E-state index contributed by atoms with van der Waals surface area (Å²) >= 11 is 0. The maximum atomic E-state index is 12.6. The summed E-state index contributed by atoms with van der Waals surface area (Å²) in [6, 6.07) is 0. The van der Waals surface area contributed by atoms with Gasteiger partial charge in [0.2, 0.25) is 0 Å². The predicted octanol–water partition coefficient (Wildman–Crippen LogP) is 2.68. The van der Waals surface area contributed by atoms with Gasteiger partial charge in [-0.15, -0.1) is 0 Å². The number of alkyl halides is 3. The summed E-state index contributed by atoms with van der Waals surface area (Å²) in [5, 5.41) is 6.47. The molecule has 0 aromatic heterocycles. The van der Waals surface area contributed by atoms with Crippen LogP contribution in [0.15, 0.2) is 4.99 Å². The van der Waals surface area contributed by atoms with E-state index < -0.39 is 15.5 Å². The molecule has 1 aliphatic heterocycles. The van der Waals surface area contributed by atoms with Crippen LogP contribution in [0.25, 0.3) is 0 Å². The Hall–Kier alpha value is -1.03. The van der Waals surface area contributed by atoms with Gasteiger partial charge >= 0.3 is 15.5 Å². The largest absolute Gasteiger partial charge is 0.511 e. The lowest BCUT2D eigenvalue weighted by atomic mass is 9.98. The molecule has 2 N–H and O–H groups in total. The smallest absolute Gasteiger partial charge is 0.356 e. The number of hydrogen-bond acceptors (Lipinski definition) is 3. The number of guanidine groups is 1. The number of hydrogen-bond donors (Lipinski definition) is 2. The number of nitrogens with one attached hydrogen (secondary N) is 2. The highest BCUT2D eigenvalue weighted by molar-refractivity contribution is 7.90. The van der Waals surface area contributed by atoms with Crippen molar-refractivity contribution in [3.05, 3.63) is 0 Å². The van der Waals surface area contributed by atoms with E-state index in [9.17, 15) is 21.6 Å². The summed E-state index contributed by atoms with van der Waals surface area (Å²) in [4.78, 5) is 4.17. The molecule has 2 fully saturated rings. The highest BCUT2D eigenvalue weighted by atomic mass is 32.2. The number of sulfonamides is 1. The number of piperidine rings is 1. The summed E-state index contributed by atoms with van der Waals surface area (Å²) in [6.07, 6.45) is 8.53. The molecule has 2 rings (SSSR count). The van der Waals surface area contributed by atoms with E-state index in [-0.39, 0.29) is 19.0 Å². The zero-order valence-electron chi connectivity index (χ0n) is 15.9. The molecule has 0 aromatic rings. The Balaban J connectivity index is 1.64. The van der Waals surface area contributed by atoms with Crippen LogP contribution < -0.4 is 10.6 Å². The van der Waals surface area contributed by atoms with Crippen LogP contribution in [0.1, 0.15) is 51.4 Å². The van der Waals surface area contributed by atoms with E-state index in [4.69, 9.17) is 0 Å². The molecule has 0 amide bonds. The SMILES string of the molecule is CN=C(NCCCC1CCCC1)NCC1CCN(S(=O)(=O)C(F)(F)F)CC1. The van der Waals surface area contributed by atoms with E-state index >= 15 is 0 Å². The normalized spacial score (nSPS) is 21.6. The van der Waals surface area contributed by atoms with Crippen LogP contribution in [0.4, 0.5) is 13.2 Å². The van der Waals surface area contributed by atoms with Crippen molar-refractivity contribution in [2.45, 2.75) is 56.9 Å². The molecular weight excluding hydrogens is 381 g/mol. The first-order valence-electron chi connectivity index (χ1n) is 9.75. The lowest BCUT2D eigenvalue weighted by Crippen LogP contribution is -2.47. The third kappa shape index (κ3) is 6.51. The summed E-state index contributed by atoms with van der Waals surface area (Å²) < 4.78 is 61.2. The van der Waals surface area contributed by atoms with Crippen LogP contribution in [0.3, 0.4) is 0 Å². The number of nitrogens with zero attached hydrogens (tertiary/aromatic N) is 2. The Morgan fingerprint density at radius 1 is 1.07 bits per heavy atom. The van der Waals surface area contributed by atoms with E-state index in [1.807, 2.05) is 0 Å². The van der Waals surface area contributed by atoms with Gasteiger partial charge in [-0.05, 0) is 37.5 Å². The Morgan fingerprint density at radius 2 is 1.70 bits per heavy atom. The lowest BCUT2D eigenvalue weighted by molar-refractivity contribution is -0.0496. The molecule has 2 aliphatic rings. The molecule has 1 saturated heterocycles. The first-order valence-corrected chi connectivity index (χ1v) is 11.2. The predicted molar refractivity (Wildman–Crippen MR) is 99.8 cm³/mol. The molecule has 0 aromatic carbocycles. The fraction of sp³-hybridized carbons (Fsp3) is 0.941. The van der Waals surface area contributed by atoms with Crippen molar-refractivity contribution in [3.8, 4) is 0 Å². The van der Waals surface area contributed by atoms with Gasteiger partial charge in [0.1, 0.15) is 0 Å². The first kappa shape index (κ1) is 22.3. The molecule has 27 heavy (non-hydrogen) atoms. The van der Waals surface area contributed by atoms with Crippen molar-refractivity contribution in [2.24, 2.45) is 16.8 Å². The van der Waals surface area contributed by atoms with Crippen LogP contribution in [0.5, 0.6) is 0 Å². The molecule has 0 atom stereocenters. The van der Waals surface area contributed by atoms with Crippen molar-refractivity contribution in [3.63, 3.8) is 0 Å². The van der Waals surface area contributed by atoms with Crippen molar-refractivity contribution in [1.29, 1.82) is 0 Å². The second-order valence-corrected chi connectivity index (χ2v) is 9.40. The average Bonchev–Trinajstić information content (AvgIpc) is 3.14. The van der Waals surface area contributed by atoms with Crippen molar-refractivity contribution >= 4 is 16.0 Å². The average molecular weight is 413 g/mol. The number of rotatable bonds is 7. The lowest BCUT2D eigenvalue weighted by Gasteiger charge is -2.31. The highest BCUT2D eigenvalue weighted by Crippen LogP contribution is 2.30. The summed E-state index contributed by atoms with van der Waals surface area (Å²) in [7, 11) is -3.52. The van der Waals surface area contributed by atoms with Crippen LogP contribution in [0, 0.1) is 11.8 Å². The van der Waals surface area contributed by atoms with Crippen molar-refractivity contribution in [2.75, 3.05) is 33.2 Å². The molecular formula is C17H31F3N4O2S. The Morgan fingerprint density at radius 3 is 2.26 bits per heavy atom. The molecule has 0 unspecified atom stereocenters. The van der Waals surface area contributed by atoms with E-state index in [1.165, 1.54) is 32.1 Å². The molecule has 0 bridgehead atoms. The maximum Gasteiger partial charge on any atom is 0.511 e. The zero-order chi connectivity index (χ0) is 19.9. The van der Waals surface area contributed by atoms with Crippen LogP contribution in [0.2, 0.25) is 0 Å². The quantitative estimate of drug-likeness (QED) is 0.383. The van der Waals surface area contributed by atoms with E-state index in [1.54, 1.807) is 7.05 Å². The molecule has 6 nitrogen and oxygen atoms in total. The standard InChI is InChI=1S/C17H31F3N4O2S/c1-21-16(22-10-4-7-14-5-2-3-6-14)23-13-15-8-11-24(12-9-15)27(25,26)17(18,19)20/h14-15H,2-13H2,1H3,(H2,21,22,23). The van der Waals surface area contributed by atoms with Crippen LogP contribution in [-0.4, -0.2) is 57.4 Å². The topological polar surface area (TPSA) is 73.8 Å². The van der Waals surface area contributed by atoms with Crippen molar-refractivity contribution in [1.82, 2.24) is 14.9 Å². The van der Waals surface area contributed by atoms with E-state index in [2.05, 4.69) is 15.6 Å².